The van der Waals surface area contributed by atoms with E-state index in [0.717, 1.165) is 33.1 Å². The van der Waals surface area contributed by atoms with E-state index in [1.807, 2.05) is 50.2 Å². The van der Waals surface area contributed by atoms with Gasteiger partial charge in [-0.2, -0.15) is 0 Å². The van der Waals surface area contributed by atoms with E-state index in [9.17, 15) is 0 Å². The number of methoxy groups -OCH3 is 1. The Morgan fingerprint density at radius 3 is 2.64 bits per heavy atom. The van der Waals surface area contributed by atoms with Crippen molar-refractivity contribution in [3.8, 4) is 5.75 Å². The van der Waals surface area contributed by atoms with Crippen molar-refractivity contribution >= 4 is 34.6 Å². The topological polar surface area (TPSA) is 33.3 Å². The summed E-state index contributed by atoms with van der Waals surface area (Å²) in [4.78, 5) is 0. The molecule has 0 heterocycles. The van der Waals surface area contributed by atoms with Gasteiger partial charge in [0.15, 0.2) is 5.11 Å². The van der Waals surface area contributed by atoms with E-state index in [1.54, 1.807) is 7.11 Å². The lowest BCUT2D eigenvalue weighted by Gasteiger charge is -2.15. The monoisotopic (exact) mass is 334 g/mol. The summed E-state index contributed by atoms with van der Waals surface area (Å²) in [6.07, 6.45) is 0. The number of halogens is 1. The van der Waals surface area contributed by atoms with Gasteiger partial charge in [-0.05, 0) is 67.0 Å². The third-order valence-electron chi connectivity index (χ3n) is 3.35. The third-order valence-corrected chi connectivity index (χ3v) is 3.83. The summed E-state index contributed by atoms with van der Waals surface area (Å²) in [6.45, 7) is 4.70. The summed E-state index contributed by atoms with van der Waals surface area (Å²) in [7, 11) is 1.64. The molecule has 0 spiro atoms. The van der Waals surface area contributed by atoms with Gasteiger partial charge in [-0.25, -0.2) is 0 Å². The van der Waals surface area contributed by atoms with Crippen LogP contribution in [0.25, 0.3) is 0 Å². The molecule has 0 radical (unpaired) electrons. The first-order valence-electron chi connectivity index (χ1n) is 6.94. The second-order valence-corrected chi connectivity index (χ2v) is 5.93. The molecule has 0 aromatic heterocycles. The smallest absolute Gasteiger partial charge is 0.171 e. The van der Waals surface area contributed by atoms with Gasteiger partial charge in [-0.15, -0.1) is 0 Å². The number of benzene rings is 2. The average molecular weight is 335 g/mol. The minimum atomic E-state index is 0.554. The van der Waals surface area contributed by atoms with Gasteiger partial charge in [0.25, 0.3) is 0 Å². The number of ether oxygens (including phenoxy) is 1. The molecule has 0 saturated heterocycles. The number of hydrogen-bond donors (Lipinski definition) is 2. The normalized spacial score (nSPS) is 10.2. The van der Waals surface area contributed by atoms with E-state index in [0.29, 0.717) is 11.7 Å². The predicted octanol–water partition coefficient (Wildman–Crippen LogP) is 4.45. The van der Waals surface area contributed by atoms with Gasteiger partial charge in [0.1, 0.15) is 5.75 Å². The van der Waals surface area contributed by atoms with Crippen LogP contribution in [0.3, 0.4) is 0 Å². The zero-order chi connectivity index (χ0) is 16.1. The van der Waals surface area contributed by atoms with E-state index in [1.165, 1.54) is 0 Å². The van der Waals surface area contributed by atoms with Crippen LogP contribution < -0.4 is 15.4 Å². The van der Waals surface area contributed by atoms with Crippen LogP contribution in [0.4, 0.5) is 5.69 Å². The fraction of sp³-hybridized carbons (Fsp3) is 0.235. The minimum absolute atomic E-state index is 0.554. The van der Waals surface area contributed by atoms with Crippen molar-refractivity contribution in [3.63, 3.8) is 0 Å². The minimum Gasteiger partial charge on any atom is -0.495 e. The fourth-order valence-electron chi connectivity index (χ4n) is 2.12. The van der Waals surface area contributed by atoms with E-state index < -0.39 is 0 Å². The molecule has 2 aromatic rings. The first-order valence-corrected chi connectivity index (χ1v) is 7.72. The van der Waals surface area contributed by atoms with E-state index in [4.69, 9.17) is 28.6 Å². The van der Waals surface area contributed by atoms with Gasteiger partial charge in [-0.3, -0.25) is 0 Å². The Hall–Kier alpha value is -1.78. The number of anilines is 1. The second kappa shape index (κ2) is 7.47. The summed E-state index contributed by atoms with van der Waals surface area (Å²) < 4.78 is 5.33. The SMILES string of the molecule is COc1ccc(C)cc1NC(=S)NCc1ccc(Cl)cc1C. The summed E-state index contributed by atoms with van der Waals surface area (Å²) in [6, 6.07) is 11.7. The van der Waals surface area contributed by atoms with Gasteiger partial charge < -0.3 is 15.4 Å². The molecule has 0 amide bonds. The highest BCUT2D eigenvalue weighted by Gasteiger charge is 2.06. The van der Waals surface area contributed by atoms with Crippen LogP contribution in [0, 0.1) is 13.8 Å². The summed E-state index contributed by atoms with van der Waals surface area (Å²) >= 11 is 11.3. The number of rotatable bonds is 4. The Morgan fingerprint density at radius 1 is 1.18 bits per heavy atom. The fourth-order valence-corrected chi connectivity index (χ4v) is 2.53. The van der Waals surface area contributed by atoms with E-state index in [2.05, 4.69) is 10.6 Å². The molecule has 22 heavy (non-hydrogen) atoms. The van der Waals surface area contributed by atoms with Crippen LogP contribution >= 0.6 is 23.8 Å². The predicted molar refractivity (Wildman–Crippen MR) is 97.0 cm³/mol. The van der Waals surface area contributed by atoms with Crippen molar-refractivity contribution in [2.24, 2.45) is 0 Å². The van der Waals surface area contributed by atoms with E-state index >= 15 is 0 Å². The Balaban J connectivity index is 2.00. The highest BCUT2D eigenvalue weighted by molar-refractivity contribution is 7.80. The Labute approximate surface area is 141 Å². The molecule has 3 nitrogen and oxygen atoms in total. The number of hydrogen-bond acceptors (Lipinski definition) is 2. The number of thiocarbonyl (C=S) groups is 1. The third kappa shape index (κ3) is 4.36. The van der Waals surface area contributed by atoms with Crippen LogP contribution in [0.5, 0.6) is 5.75 Å². The van der Waals surface area contributed by atoms with Crippen molar-refractivity contribution in [2.45, 2.75) is 20.4 Å². The molecule has 0 bridgehead atoms. The van der Waals surface area contributed by atoms with Crippen molar-refractivity contribution in [1.82, 2.24) is 5.32 Å². The van der Waals surface area contributed by atoms with Crippen LogP contribution in [-0.4, -0.2) is 12.2 Å². The quantitative estimate of drug-likeness (QED) is 0.809. The van der Waals surface area contributed by atoms with Gasteiger partial charge in [-0.1, -0.05) is 23.7 Å². The second-order valence-electron chi connectivity index (χ2n) is 5.08. The van der Waals surface area contributed by atoms with Gasteiger partial charge in [0, 0.05) is 11.6 Å². The van der Waals surface area contributed by atoms with Crippen LogP contribution in [0.15, 0.2) is 36.4 Å². The molecule has 2 rings (SSSR count). The summed E-state index contributed by atoms with van der Waals surface area (Å²) in [5.41, 5.74) is 4.29. The lowest BCUT2D eigenvalue weighted by Crippen LogP contribution is -2.28. The molecule has 2 N–H and O–H groups in total. The first kappa shape index (κ1) is 16.6. The number of nitrogens with one attached hydrogen (secondary N) is 2. The molecule has 0 unspecified atom stereocenters. The lowest BCUT2D eigenvalue weighted by atomic mass is 10.1. The molecular weight excluding hydrogens is 316 g/mol. The Kier molecular flexibility index (Phi) is 5.63. The lowest BCUT2D eigenvalue weighted by molar-refractivity contribution is 0.417. The van der Waals surface area contributed by atoms with Crippen LogP contribution in [0.1, 0.15) is 16.7 Å². The molecule has 0 saturated carbocycles. The summed E-state index contributed by atoms with van der Waals surface area (Å²) in [5.74, 6) is 0.762. The maximum atomic E-state index is 5.96. The molecule has 2 aromatic carbocycles. The van der Waals surface area contributed by atoms with Gasteiger partial charge in [0.05, 0.1) is 12.8 Å². The zero-order valence-corrected chi connectivity index (χ0v) is 14.4. The molecule has 0 aliphatic heterocycles. The van der Waals surface area contributed by atoms with Gasteiger partial charge in [0.2, 0.25) is 0 Å². The van der Waals surface area contributed by atoms with Crippen LogP contribution in [-0.2, 0) is 6.54 Å². The van der Waals surface area contributed by atoms with Crippen molar-refractivity contribution in [2.75, 3.05) is 12.4 Å². The maximum Gasteiger partial charge on any atom is 0.171 e. The van der Waals surface area contributed by atoms with E-state index in [-0.39, 0.29) is 0 Å². The summed E-state index contributed by atoms with van der Waals surface area (Å²) in [5, 5.41) is 7.67. The molecule has 0 aliphatic rings. The molecule has 0 atom stereocenters. The standard InChI is InChI=1S/C17H19ClN2OS/c1-11-4-7-16(21-3)15(8-11)20-17(22)19-10-13-5-6-14(18)9-12(13)2/h4-9H,10H2,1-3H3,(H2,19,20,22). The average Bonchev–Trinajstić information content (AvgIpc) is 2.46. The van der Waals surface area contributed by atoms with Gasteiger partial charge >= 0.3 is 0 Å². The van der Waals surface area contributed by atoms with Crippen molar-refractivity contribution < 1.29 is 4.74 Å². The molecule has 5 heteroatoms. The van der Waals surface area contributed by atoms with Crippen molar-refractivity contribution in [3.05, 3.63) is 58.1 Å². The molecule has 0 fully saturated rings. The molecule has 0 aliphatic carbocycles. The molecule has 116 valence electrons. The highest BCUT2D eigenvalue weighted by atomic mass is 35.5. The Bertz CT molecular complexity index is 688. The largest absolute Gasteiger partial charge is 0.495 e. The number of aryl methyl sites for hydroxylation is 2. The van der Waals surface area contributed by atoms with Crippen LogP contribution in [0.2, 0.25) is 5.02 Å². The Morgan fingerprint density at radius 2 is 1.95 bits per heavy atom. The first-order chi connectivity index (χ1) is 10.5. The van der Waals surface area contributed by atoms with Crippen molar-refractivity contribution in [1.29, 1.82) is 0 Å². The zero-order valence-electron chi connectivity index (χ0n) is 12.9. The molecular formula is C17H19ClN2OS. The highest BCUT2D eigenvalue weighted by Crippen LogP contribution is 2.25. The maximum absolute atomic E-state index is 5.96.